The smallest absolute Gasteiger partial charge is 0.305 e. The summed E-state index contributed by atoms with van der Waals surface area (Å²) in [5.41, 5.74) is 0.0784. The van der Waals surface area contributed by atoms with Crippen molar-refractivity contribution in [1.29, 1.82) is 0 Å². The van der Waals surface area contributed by atoms with Crippen molar-refractivity contribution in [3.8, 4) is 0 Å². The number of benzene rings is 1. The van der Waals surface area contributed by atoms with Gasteiger partial charge < -0.3 is 20.2 Å². The van der Waals surface area contributed by atoms with Gasteiger partial charge in [-0.15, -0.1) is 11.3 Å². The molecule has 2 fully saturated rings. The van der Waals surface area contributed by atoms with Crippen LogP contribution in [-0.4, -0.2) is 63.9 Å². The second-order valence-corrected chi connectivity index (χ2v) is 10.4. The number of hydrogen-bond donors (Lipinski definition) is 2. The molecular formula is C26H30FN3O5S. The first-order valence-electron chi connectivity index (χ1n) is 12.2. The Balaban J connectivity index is 1.59. The predicted molar refractivity (Wildman–Crippen MR) is 132 cm³/mol. The van der Waals surface area contributed by atoms with Gasteiger partial charge in [-0.25, -0.2) is 4.39 Å². The summed E-state index contributed by atoms with van der Waals surface area (Å²) in [7, 11) is 0. The lowest BCUT2D eigenvalue weighted by Gasteiger charge is -2.34. The van der Waals surface area contributed by atoms with Gasteiger partial charge in [0.05, 0.1) is 12.8 Å². The van der Waals surface area contributed by atoms with Crippen LogP contribution < -0.4 is 5.32 Å². The highest BCUT2D eigenvalue weighted by molar-refractivity contribution is 7.10. The molecule has 1 aliphatic heterocycles. The molecule has 4 rings (SSSR count). The lowest BCUT2D eigenvalue weighted by Crippen LogP contribution is -2.57. The number of aliphatic carboxylic acids is 1. The average molecular weight is 516 g/mol. The summed E-state index contributed by atoms with van der Waals surface area (Å²) in [5, 5.41) is 14.2. The van der Waals surface area contributed by atoms with Gasteiger partial charge in [-0.1, -0.05) is 31.4 Å². The first kappa shape index (κ1) is 25.8. The molecule has 0 bridgehead atoms. The minimum Gasteiger partial charge on any atom is -0.481 e. The maximum Gasteiger partial charge on any atom is 0.305 e. The van der Waals surface area contributed by atoms with Crippen molar-refractivity contribution in [2.75, 3.05) is 13.1 Å². The molecule has 1 aromatic heterocycles. The number of carboxylic acids is 1. The Bertz CT molecular complexity index is 1100. The monoisotopic (exact) mass is 515 g/mol. The van der Waals surface area contributed by atoms with Gasteiger partial charge in [0.2, 0.25) is 5.91 Å². The number of hydrogen-bond acceptors (Lipinski definition) is 5. The fourth-order valence-electron chi connectivity index (χ4n) is 5.15. The Morgan fingerprint density at radius 1 is 1.06 bits per heavy atom. The Morgan fingerprint density at radius 2 is 1.81 bits per heavy atom. The van der Waals surface area contributed by atoms with E-state index in [1.165, 1.54) is 39.3 Å². The molecule has 2 atom stereocenters. The molecule has 2 aromatic rings. The van der Waals surface area contributed by atoms with Crippen LogP contribution in [0.1, 0.15) is 53.8 Å². The number of carbonyl (C=O) groups is 4. The van der Waals surface area contributed by atoms with Crippen LogP contribution in [0.25, 0.3) is 0 Å². The molecule has 1 saturated carbocycles. The van der Waals surface area contributed by atoms with E-state index in [4.69, 9.17) is 0 Å². The zero-order valence-corrected chi connectivity index (χ0v) is 20.7. The van der Waals surface area contributed by atoms with E-state index in [1.54, 1.807) is 0 Å². The number of halogens is 1. The lowest BCUT2D eigenvalue weighted by atomic mass is 9.82. The zero-order chi connectivity index (χ0) is 25.7. The van der Waals surface area contributed by atoms with E-state index in [-0.39, 0.29) is 43.3 Å². The van der Waals surface area contributed by atoms with E-state index in [2.05, 4.69) is 5.32 Å². The molecular weight excluding hydrogens is 485 g/mol. The van der Waals surface area contributed by atoms with E-state index in [0.29, 0.717) is 0 Å². The van der Waals surface area contributed by atoms with Crippen LogP contribution in [0.15, 0.2) is 41.8 Å². The average Bonchev–Trinajstić information content (AvgIpc) is 3.53. The summed E-state index contributed by atoms with van der Waals surface area (Å²) in [4.78, 5) is 55.2. The summed E-state index contributed by atoms with van der Waals surface area (Å²) in [6.45, 7) is 0.257. The molecule has 192 valence electrons. The van der Waals surface area contributed by atoms with Crippen LogP contribution in [0.4, 0.5) is 4.39 Å². The van der Waals surface area contributed by atoms with Crippen LogP contribution in [0.3, 0.4) is 0 Å². The number of nitrogens with one attached hydrogen (secondary N) is 1. The topological polar surface area (TPSA) is 107 Å². The second kappa shape index (κ2) is 11.6. The maximum absolute atomic E-state index is 13.8. The number of nitrogens with zero attached hydrogens (tertiary/aromatic N) is 2. The fraction of sp³-hybridized carbons (Fsp3) is 0.462. The number of thiophene rings is 1. The zero-order valence-electron chi connectivity index (χ0n) is 19.9. The SMILES string of the molecule is O=C(O)CC(NC(=O)C1N(C(=O)Cc2cccs2)CCN1C(=O)c1cccc(F)c1)C1CCCCC1. The van der Waals surface area contributed by atoms with E-state index in [1.807, 2.05) is 17.5 Å². The largest absolute Gasteiger partial charge is 0.481 e. The van der Waals surface area contributed by atoms with Crippen molar-refractivity contribution in [3.63, 3.8) is 0 Å². The van der Waals surface area contributed by atoms with Crippen molar-refractivity contribution in [1.82, 2.24) is 15.1 Å². The highest BCUT2D eigenvalue weighted by Gasteiger charge is 2.44. The molecule has 0 radical (unpaired) electrons. The molecule has 1 saturated heterocycles. The summed E-state index contributed by atoms with van der Waals surface area (Å²) in [5.74, 6) is -3.04. The number of amides is 3. The first-order chi connectivity index (χ1) is 17.3. The molecule has 2 N–H and O–H groups in total. The predicted octanol–water partition coefficient (Wildman–Crippen LogP) is 3.28. The van der Waals surface area contributed by atoms with E-state index in [0.717, 1.165) is 43.0 Å². The Hall–Kier alpha value is -3.27. The Morgan fingerprint density at radius 3 is 2.47 bits per heavy atom. The van der Waals surface area contributed by atoms with Crippen LogP contribution >= 0.6 is 11.3 Å². The van der Waals surface area contributed by atoms with Gasteiger partial charge >= 0.3 is 5.97 Å². The molecule has 1 aliphatic carbocycles. The van der Waals surface area contributed by atoms with Crippen molar-refractivity contribution < 1.29 is 28.7 Å². The van der Waals surface area contributed by atoms with E-state index < -0.39 is 35.8 Å². The summed E-state index contributed by atoms with van der Waals surface area (Å²) in [6, 6.07) is 8.27. The Kier molecular flexibility index (Phi) is 8.35. The summed E-state index contributed by atoms with van der Waals surface area (Å²) < 4.78 is 13.8. The van der Waals surface area contributed by atoms with Crippen molar-refractivity contribution in [2.24, 2.45) is 5.92 Å². The summed E-state index contributed by atoms with van der Waals surface area (Å²) >= 11 is 1.43. The van der Waals surface area contributed by atoms with Crippen LogP contribution in [-0.2, 0) is 20.8 Å². The third kappa shape index (κ3) is 6.10. The third-order valence-electron chi connectivity index (χ3n) is 6.91. The van der Waals surface area contributed by atoms with Crippen LogP contribution in [0, 0.1) is 11.7 Å². The van der Waals surface area contributed by atoms with E-state index in [9.17, 15) is 28.7 Å². The van der Waals surface area contributed by atoms with Gasteiger partial charge in [0.25, 0.3) is 11.8 Å². The van der Waals surface area contributed by atoms with Crippen molar-refractivity contribution in [2.45, 2.75) is 57.2 Å². The normalized spacial score (nSPS) is 19.2. The highest BCUT2D eigenvalue weighted by Crippen LogP contribution is 2.29. The fourth-order valence-corrected chi connectivity index (χ4v) is 5.85. The third-order valence-corrected chi connectivity index (χ3v) is 7.78. The molecule has 36 heavy (non-hydrogen) atoms. The molecule has 3 amide bonds. The molecule has 8 nitrogen and oxygen atoms in total. The number of carbonyl (C=O) groups excluding carboxylic acids is 3. The van der Waals surface area contributed by atoms with Gasteiger partial charge in [-0.2, -0.15) is 0 Å². The standard InChI is InChI=1S/C26H30FN3O5S/c27-19-9-4-8-18(14-19)26(35)30-12-11-29(22(31)15-20-10-5-13-36-20)25(30)24(34)28-21(16-23(32)33)17-6-2-1-3-7-17/h4-5,8-10,13-14,17,21,25H,1-3,6-7,11-12,15-16H2,(H,28,34)(H,32,33). The van der Waals surface area contributed by atoms with Gasteiger partial charge in [0.1, 0.15) is 5.82 Å². The Labute approximate surface area is 213 Å². The molecule has 2 unspecified atom stereocenters. The second-order valence-electron chi connectivity index (χ2n) is 9.34. The first-order valence-corrected chi connectivity index (χ1v) is 13.1. The molecule has 1 aromatic carbocycles. The van der Waals surface area contributed by atoms with Crippen molar-refractivity contribution >= 4 is 35.0 Å². The lowest BCUT2D eigenvalue weighted by molar-refractivity contribution is -0.142. The highest BCUT2D eigenvalue weighted by atomic mass is 32.1. The van der Waals surface area contributed by atoms with Crippen LogP contribution in [0.2, 0.25) is 0 Å². The van der Waals surface area contributed by atoms with Gasteiger partial charge in [0.15, 0.2) is 6.17 Å². The van der Waals surface area contributed by atoms with Crippen LogP contribution in [0.5, 0.6) is 0 Å². The van der Waals surface area contributed by atoms with E-state index >= 15 is 0 Å². The molecule has 0 spiro atoms. The molecule has 2 aliphatic rings. The number of carboxylic acid groups (broad SMARTS) is 1. The van der Waals surface area contributed by atoms with Gasteiger partial charge in [0, 0.05) is 29.6 Å². The molecule has 10 heteroatoms. The van der Waals surface area contributed by atoms with Gasteiger partial charge in [-0.3, -0.25) is 19.2 Å². The quantitative estimate of drug-likeness (QED) is 0.561. The maximum atomic E-state index is 13.8. The van der Waals surface area contributed by atoms with Crippen molar-refractivity contribution in [3.05, 3.63) is 58.0 Å². The van der Waals surface area contributed by atoms with Gasteiger partial charge in [-0.05, 0) is 48.4 Å². The number of rotatable bonds is 8. The minimum absolute atomic E-state index is 0.0165. The minimum atomic E-state index is -1.24. The molecule has 2 heterocycles. The summed E-state index contributed by atoms with van der Waals surface area (Å²) in [6.07, 6.45) is 3.26.